The molecule has 1 saturated carbocycles. The SMILES string of the molecule is CN(C)c1nc(N[C@H](CCC2CCCCC2)C(=O)NCc2ccc(C#N)cc2)cc(-n2cccc2)n1. The second-order valence-electron chi connectivity index (χ2n) is 9.70. The molecular weight excluding hydrogens is 450 g/mol. The number of nitrogens with one attached hydrogen (secondary N) is 2. The molecule has 1 amide bonds. The fourth-order valence-corrected chi connectivity index (χ4v) is 4.65. The van der Waals surface area contributed by atoms with Crippen molar-refractivity contribution in [1.29, 1.82) is 5.26 Å². The van der Waals surface area contributed by atoms with E-state index >= 15 is 0 Å². The summed E-state index contributed by atoms with van der Waals surface area (Å²) in [7, 11) is 3.81. The average Bonchev–Trinajstić information content (AvgIpc) is 3.45. The number of aromatic nitrogens is 3. The van der Waals surface area contributed by atoms with E-state index in [9.17, 15) is 4.79 Å². The minimum absolute atomic E-state index is 0.0531. The summed E-state index contributed by atoms with van der Waals surface area (Å²) in [5, 5.41) is 15.5. The molecule has 4 rings (SSSR count). The first-order chi connectivity index (χ1) is 17.5. The number of carbonyl (C=O) groups is 1. The van der Waals surface area contributed by atoms with Gasteiger partial charge in [0.05, 0.1) is 11.6 Å². The Bertz CT molecular complexity index is 1160. The molecule has 0 unspecified atom stereocenters. The van der Waals surface area contributed by atoms with E-state index in [0.29, 0.717) is 29.8 Å². The van der Waals surface area contributed by atoms with E-state index in [1.165, 1.54) is 32.1 Å². The van der Waals surface area contributed by atoms with E-state index in [4.69, 9.17) is 5.26 Å². The number of hydrogen-bond acceptors (Lipinski definition) is 6. The van der Waals surface area contributed by atoms with Crippen LogP contribution in [0, 0.1) is 17.2 Å². The van der Waals surface area contributed by atoms with Crippen molar-refractivity contribution in [1.82, 2.24) is 19.9 Å². The smallest absolute Gasteiger partial charge is 0.242 e. The van der Waals surface area contributed by atoms with Gasteiger partial charge in [0.2, 0.25) is 11.9 Å². The highest BCUT2D eigenvalue weighted by atomic mass is 16.2. The monoisotopic (exact) mass is 485 g/mol. The van der Waals surface area contributed by atoms with Gasteiger partial charge in [0.15, 0.2) is 0 Å². The van der Waals surface area contributed by atoms with E-state index in [2.05, 4.69) is 26.7 Å². The minimum atomic E-state index is -0.410. The summed E-state index contributed by atoms with van der Waals surface area (Å²) in [5.74, 6) is 2.56. The molecule has 1 aromatic carbocycles. The number of carbonyl (C=O) groups excluding carboxylic acids is 1. The third-order valence-electron chi connectivity index (χ3n) is 6.75. The van der Waals surface area contributed by atoms with Crippen LogP contribution in [0.2, 0.25) is 0 Å². The van der Waals surface area contributed by atoms with Crippen LogP contribution >= 0.6 is 0 Å². The molecule has 0 aliphatic heterocycles. The number of anilines is 2. The van der Waals surface area contributed by atoms with Crippen molar-refractivity contribution in [2.24, 2.45) is 5.92 Å². The lowest BCUT2D eigenvalue weighted by Crippen LogP contribution is -2.40. The molecular formula is C28H35N7O. The molecule has 0 spiro atoms. The lowest BCUT2D eigenvalue weighted by atomic mass is 9.85. The Morgan fingerprint density at radius 2 is 1.86 bits per heavy atom. The third-order valence-corrected chi connectivity index (χ3v) is 6.75. The number of hydrogen-bond donors (Lipinski definition) is 2. The molecule has 2 aromatic heterocycles. The van der Waals surface area contributed by atoms with Gasteiger partial charge in [0.25, 0.3) is 0 Å². The normalized spacial score (nSPS) is 14.6. The van der Waals surface area contributed by atoms with Crippen molar-refractivity contribution in [3.8, 4) is 11.9 Å². The number of rotatable bonds is 10. The maximum absolute atomic E-state index is 13.4. The van der Waals surface area contributed by atoms with E-state index < -0.39 is 6.04 Å². The highest BCUT2D eigenvalue weighted by Gasteiger charge is 2.23. The van der Waals surface area contributed by atoms with Gasteiger partial charge in [0, 0.05) is 39.1 Å². The molecule has 2 heterocycles. The largest absolute Gasteiger partial charge is 0.358 e. The fraction of sp³-hybridized carbons (Fsp3) is 0.429. The summed E-state index contributed by atoms with van der Waals surface area (Å²) >= 11 is 0. The molecule has 36 heavy (non-hydrogen) atoms. The number of benzene rings is 1. The van der Waals surface area contributed by atoms with E-state index in [-0.39, 0.29) is 5.91 Å². The molecule has 0 bridgehead atoms. The zero-order valence-corrected chi connectivity index (χ0v) is 21.2. The van der Waals surface area contributed by atoms with Crippen molar-refractivity contribution in [2.75, 3.05) is 24.3 Å². The highest BCUT2D eigenvalue weighted by Crippen LogP contribution is 2.28. The Labute approximate surface area is 213 Å². The fourth-order valence-electron chi connectivity index (χ4n) is 4.65. The van der Waals surface area contributed by atoms with Gasteiger partial charge in [-0.1, -0.05) is 44.2 Å². The summed E-state index contributed by atoms with van der Waals surface area (Å²) < 4.78 is 1.93. The molecule has 0 saturated heterocycles. The van der Waals surface area contributed by atoms with Gasteiger partial charge in [-0.2, -0.15) is 15.2 Å². The lowest BCUT2D eigenvalue weighted by Gasteiger charge is -2.25. The van der Waals surface area contributed by atoms with Gasteiger partial charge >= 0.3 is 0 Å². The van der Waals surface area contributed by atoms with Crippen LogP contribution in [0.5, 0.6) is 0 Å². The van der Waals surface area contributed by atoms with E-state index in [0.717, 1.165) is 24.2 Å². The molecule has 1 aliphatic rings. The van der Waals surface area contributed by atoms with Gasteiger partial charge in [-0.3, -0.25) is 4.79 Å². The van der Waals surface area contributed by atoms with Crippen LogP contribution in [-0.4, -0.2) is 40.6 Å². The minimum Gasteiger partial charge on any atom is -0.358 e. The van der Waals surface area contributed by atoms with Gasteiger partial charge in [0.1, 0.15) is 17.7 Å². The Balaban J connectivity index is 1.51. The van der Waals surface area contributed by atoms with Crippen LogP contribution in [0.4, 0.5) is 11.8 Å². The third kappa shape index (κ3) is 6.85. The molecule has 8 heteroatoms. The quantitative estimate of drug-likeness (QED) is 0.433. The number of nitrogens with zero attached hydrogens (tertiary/aromatic N) is 5. The van der Waals surface area contributed by atoms with Gasteiger partial charge < -0.3 is 20.1 Å². The van der Waals surface area contributed by atoms with Crippen LogP contribution in [-0.2, 0) is 11.3 Å². The molecule has 8 nitrogen and oxygen atoms in total. The number of nitriles is 1. The second-order valence-corrected chi connectivity index (χ2v) is 9.70. The van der Waals surface area contributed by atoms with Crippen LogP contribution in [0.25, 0.3) is 5.82 Å². The predicted molar refractivity (Wildman–Crippen MR) is 142 cm³/mol. The maximum Gasteiger partial charge on any atom is 0.242 e. The first-order valence-corrected chi connectivity index (χ1v) is 12.7. The Hall–Kier alpha value is -3.86. The summed E-state index contributed by atoms with van der Waals surface area (Å²) in [6.45, 7) is 0.410. The first kappa shape index (κ1) is 25.2. The zero-order valence-electron chi connectivity index (χ0n) is 21.2. The summed E-state index contributed by atoms with van der Waals surface area (Å²) in [5.41, 5.74) is 1.57. The van der Waals surface area contributed by atoms with Crippen molar-refractivity contribution in [3.05, 3.63) is 66.0 Å². The predicted octanol–water partition coefficient (Wildman–Crippen LogP) is 4.66. The molecule has 3 aromatic rings. The van der Waals surface area contributed by atoms with Crippen LogP contribution in [0.1, 0.15) is 56.1 Å². The zero-order chi connectivity index (χ0) is 25.3. The van der Waals surface area contributed by atoms with Gasteiger partial charge in [-0.25, -0.2) is 0 Å². The van der Waals surface area contributed by atoms with Crippen molar-refractivity contribution in [2.45, 2.75) is 57.5 Å². The Morgan fingerprint density at radius 3 is 2.53 bits per heavy atom. The van der Waals surface area contributed by atoms with E-state index in [1.807, 2.05) is 66.3 Å². The van der Waals surface area contributed by atoms with Crippen LogP contribution in [0.3, 0.4) is 0 Å². The molecule has 1 fully saturated rings. The standard InChI is InChI=1S/C28H35N7O/c1-34(2)28-32-25(18-26(33-28)35-16-6-7-17-35)31-24(15-14-21-8-4-3-5-9-21)27(36)30-20-23-12-10-22(19-29)11-13-23/h6-7,10-13,16-18,21,24H,3-5,8-9,14-15,20H2,1-2H3,(H,30,36)(H,31,32,33)/t24-/m1/s1. The molecule has 0 radical (unpaired) electrons. The lowest BCUT2D eigenvalue weighted by molar-refractivity contribution is -0.122. The van der Waals surface area contributed by atoms with Gasteiger partial charge in [-0.05, 0) is 48.6 Å². The Kier molecular flexibility index (Phi) is 8.56. The van der Waals surface area contributed by atoms with Gasteiger partial charge in [-0.15, -0.1) is 0 Å². The number of amides is 1. The van der Waals surface area contributed by atoms with Crippen molar-refractivity contribution < 1.29 is 4.79 Å². The second kappa shape index (κ2) is 12.2. The summed E-state index contributed by atoms with van der Waals surface area (Å²) in [6.07, 6.45) is 12.0. The summed E-state index contributed by atoms with van der Waals surface area (Å²) in [4.78, 5) is 24.6. The first-order valence-electron chi connectivity index (χ1n) is 12.7. The van der Waals surface area contributed by atoms with Crippen LogP contribution in [0.15, 0.2) is 54.9 Å². The maximum atomic E-state index is 13.4. The van der Waals surface area contributed by atoms with Crippen molar-refractivity contribution in [3.63, 3.8) is 0 Å². The molecule has 188 valence electrons. The van der Waals surface area contributed by atoms with Crippen molar-refractivity contribution >= 4 is 17.7 Å². The molecule has 1 atom stereocenters. The molecule has 2 N–H and O–H groups in total. The highest BCUT2D eigenvalue weighted by molar-refractivity contribution is 5.84. The van der Waals surface area contributed by atoms with E-state index in [1.54, 1.807) is 12.1 Å². The molecule has 1 aliphatic carbocycles. The Morgan fingerprint density at radius 1 is 1.14 bits per heavy atom. The summed E-state index contributed by atoms with van der Waals surface area (Å²) in [6, 6.07) is 14.8. The average molecular weight is 486 g/mol. The topological polar surface area (TPSA) is 98.9 Å². The van der Waals surface area contributed by atoms with Crippen LogP contribution < -0.4 is 15.5 Å².